The highest BCUT2D eigenvalue weighted by atomic mass is 16.4. The van der Waals surface area contributed by atoms with Crippen molar-refractivity contribution in [2.24, 2.45) is 0 Å². The van der Waals surface area contributed by atoms with Crippen molar-refractivity contribution in [1.82, 2.24) is 20.3 Å². The number of carboxylic acids is 1. The molecule has 1 amide bonds. The van der Waals surface area contributed by atoms with E-state index in [2.05, 4.69) is 15.6 Å². The fraction of sp³-hybridized carbons (Fsp3) is 0.556. The first-order valence-electron chi connectivity index (χ1n) is 4.93. The van der Waals surface area contributed by atoms with Crippen LogP contribution in [-0.4, -0.2) is 39.0 Å². The van der Waals surface area contributed by atoms with E-state index in [-0.39, 0.29) is 12.3 Å². The standard InChI is InChI=1S/C9H14N4O3/c1-10-8(14)4-5-13-6-7(11-12-13)2-3-9(15)16/h6H,2-5H2,1H3,(H,10,14)(H,15,16). The first-order valence-corrected chi connectivity index (χ1v) is 4.93. The van der Waals surface area contributed by atoms with Gasteiger partial charge in [0.05, 0.1) is 18.7 Å². The first kappa shape index (κ1) is 12.2. The second kappa shape index (κ2) is 5.84. The number of carboxylic acid groups (broad SMARTS) is 1. The molecule has 0 aromatic carbocycles. The lowest BCUT2D eigenvalue weighted by Gasteiger charge is -1.98. The van der Waals surface area contributed by atoms with Crippen molar-refractivity contribution in [2.75, 3.05) is 7.05 Å². The molecular formula is C9H14N4O3. The number of carbonyl (C=O) groups is 2. The van der Waals surface area contributed by atoms with E-state index in [4.69, 9.17) is 5.11 Å². The SMILES string of the molecule is CNC(=O)CCn1cc(CCC(=O)O)nn1. The zero-order valence-corrected chi connectivity index (χ0v) is 9.01. The van der Waals surface area contributed by atoms with Crippen LogP contribution in [-0.2, 0) is 22.6 Å². The number of aliphatic carboxylic acids is 1. The molecule has 0 fully saturated rings. The average molecular weight is 226 g/mol. The topological polar surface area (TPSA) is 97.1 Å². The molecule has 0 bridgehead atoms. The quantitative estimate of drug-likeness (QED) is 0.677. The molecule has 1 aromatic rings. The highest BCUT2D eigenvalue weighted by molar-refractivity contribution is 5.75. The van der Waals surface area contributed by atoms with Gasteiger partial charge in [-0.2, -0.15) is 0 Å². The van der Waals surface area contributed by atoms with Gasteiger partial charge < -0.3 is 10.4 Å². The Kier molecular flexibility index (Phi) is 4.43. The minimum Gasteiger partial charge on any atom is -0.481 e. The molecule has 7 nitrogen and oxygen atoms in total. The summed E-state index contributed by atoms with van der Waals surface area (Å²) < 4.78 is 1.53. The van der Waals surface area contributed by atoms with Gasteiger partial charge in [0.15, 0.2) is 0 Å². The molecule has 7 heteroatoms. The Hall–Kier alpha value is -1.92. The minimum absolute atomic E-state index is 0.0359. The van der Waals surface area contributed by atoms with Crippen LogP contribution in [0, 0.1) is 0 Å². The Labute approximate surface area is 92.4 Å². The third-order valence-electron chi connectivity index (χ3n) is 2.03. The van der Waals surface area contributed by atoms with E-state index in [9.17, 15) is 9.59 Å². The van der Waals surface area contributed by atoms with E-state index < -0.39 is 5.97 Å². The summed E-state index contributed by atoms with van der Waals surface area (Å²) in [6.07, 6.45) is 2.38. The Morgan fingerprint density at radius 2 is 2.25 bits per heavy atom. The number of aromatic nitrogens is 3. The lowest BCUT2D eigenvalue weighted by Crippen LogP contribution is -2.19. The van der Waals surface area contributed by atoms with Gasteiger partial charge in [0.25, 0.3) is 0 Å². The Morgan fingerprint density at radius 3 is 2.88 bits per heavy atom. The molecule has 88 valence electrons. The molecular weight excluding hydrogens is 212 g/mol. The van der Waals surface area contributed by atoms with Crippen molar-refractivity contribution in [3.63, 3.8) is 0 Å². The molecule has 1 rings (SSSR count). The van der Waals surface area contributed by atoms with Gasteiger partial charge in [-0.15, -0.1) is 5.10 Å². The van der Waals surface area contributed by atoms with Gasteiger partial charge in [-0.25, -0.2) is 0 Å². The van der Waals surface area contributed by atoms with Crippen LogP contribution in [0.4, 0.5) is 0 Å². The number of hydrogen-bond acceptors (Lipinski definition) is 4. The largest absolute Gasteiger partial charge is 0.481 e. The number of aryl methyl sites for hydroxylation is 2. The van der Waals surface area contributed by atoms with Crippen molar-refractivity contribution in [2.45, 2.75) is 25.8 Å². The van der Waals surface area contributed by atoms with Crippen LogP contribution in [0.15, 0.2) is 6.20 Å². The second-order valence-corrected chi connectivity index (χ2v) is 3.29. The van der Waals surface area contributed by atoms with Crippen LogP contribution < -0.4 is 5.32 Å². The summed E-state index contributed by atoms with van der Waals surface area (Å²) in [5, 5.41) is 18.6. The maximum absolute atomic E-state index is 11.0. The maximum atomic E-state index is 11.0. The fourth-order valence-corrected chi connectivity index (χ4v) is 1.14. The Bertz CT molecular complexity index is 375. The van der Waals surface area contributed by atoms with Gasteiger partial charge in [-0.05, 0) is 0 Å². The summed E-state index contributed by atoms with van der Waals surface area (Å²) >= 11 is 0. The normalized spacial score (nSPS) is 10.1. The summed E-state index contributed by atoms with van der Waals surface area (Å²) in [6.45, 7) is 0.444. The first-order chi connectivity index (χ1) is 7.61. The highest BCUT2D eigenvalue weighted by Gasteiger charge is 2.05. The van der Waals surface area contributed by atoms with Crippen LogP contribution >= 0.6 is 0 Å². The fourth-order valence-electron chi connectivity index (χ4n) is 1.14. The molecule has 0 aliphatic heterocycles. The van der Waals surface area contributed by atoms with Crippen molar-refractivity contribution in [3.05, 3.63) is 11.9 Å². The number of carbonyl (C=O) groups excluding carboxylic acids is 1. The molecule has 0 radical (unpaired) electrons. The van der Waals surface area contributed by atoms with Gasteiger partial charge in [-0.3, -0.25) is 14.3 Å². The van der Waals surface area contributed by atoms with Crippen molar-refractivity contribution in [1.29, 1.82) is 0 Å². The van der Waals surface area contributed by atoms with Gasteiger partial charge in [0, 0.05) is 26.1 Å². The predicted octanol–water partition coefficient (Wildman–Crippen LogP) is -0.569. The molecule has 1 heterocycles. The smallest absolute Gasteiger partial charge is 0.303 e. The number of amides is 1. The lowest BCUT2D eigenvalue weighted by molar-refractivity contribution is -0.137. The van der Waals surface area contributed by atoms with E-state index in [1.807, 2.05) is 0 Å². The molecule has 2 N–H and O–H groups in total. The zero-order chi connectivity index (χ0) is 12.0. The number of rotatable bonds is 6. The molecule has 1 aromatic heterocycles. The third kappa shape index (κ3) is 4.07. The Morgan fingerprint density at radius 1 is 1.50 bits per heavy atom. The molecule has 16 heavy (non-hydrogen) atoms. The molecule has 0 aliphatic carbocycles. The van der Waals surface area contributed by atoms with E-state index in [1.54, 1.807) is 13.2 Å². The van der Waals surface area contributed by atoms with Gasteiger partial charge in [0.1, 0.15) is 0 Å². The summed E-state index contributed by atoms with van der Waals surface area (Å²) in [4.78, 5) is 21.3. The summed E-state index contributed by atoms with van der Waals surface area (Å²) in [6, 6.07) is 0. The molecule has 0 spiro atoms. The molecule has 0 saturated carbocycles. The Balaban J connectivity index is 2.39. The molecule has 0 atom stereocenters. The van der Waals surface area contributed by atoms with Crippen molar-refractivity contribution in [3.8, 4) is 0 Å². The van der Waals surface area contributed by atoms with Crippen LogP contribution in [0.1, 0.15) is 18.5 Å². The summed E-state index contributed by atoms with van der Waals surface area (Å²) in [5.74, 6) is -0.928. The van der Waals surface area contributed by atoms with E-state index >= 15 is 0 Å². The van der Waals surface area contributed by atoms with Gasteiger partial charge >= 0.3 is 5.97 Å². The van der Waals surface area contributed by atoms with Gasteiger partial charge in [0.2, 0.25) is 5.91 Å². The van der Waals surface area contributed by atoms with E-state index in [0.29, 0.717) is 25.1 Å². The summed E-state index contributed by atoms with van der Waals surface area (Å²) in [5.41, 5.74) is 0.624. The lowest BCUT2D eigenvalue weighted by atomic mass is 10.2. The van der Waals surface area contributed by atoms with E-state index in [0.717, 1.165) is 0 Å². The van der Waals surface area contributed by atoms with Crippen LogP contribution in [0.2, 0.25) is 0 Å². The highest BCUT2D eigenvalue weighted by Crippen LogP contribution is 1.99. The van der Waals surface area contributed by atoms with Crippen LogP contribution in [0.3, 0.4) is 0 Å². The monoisotopic (exact) mass is 226 g/mol. The van der Waals surface area contributed by atoms with Crippen molar-refractivity contribution >= 4 is 11.9 Å². The van der Waals surface area contributed by atoms with Crippen LogP contribution in [0.25, 0.3) is 0 Å². The average Bonchev–Trinajstić information content (AvgIpc) is 2.71. The number of nitrogens with one attached hydrogen (secondary N) is 1. The minimum atomic E-state index is -0.861. The van der Waals surface area contributed by atoms with Crippen LogP contribution in [0.5, 0.6) is 0 Å². The summed E-state index contributed by atoms with van der Waals surface area (Å²) in [7, 11) is 1.57. The van der Waals surface area contributed by atoms with Gasteiger partial charge in [-0.1, -0.05) is 5.21 Å². The predicted molar refractivity (Wildman–Crippen MR) is 54.7 cm³/mol. The zero-order valence-electron chi connectivity index (χ0n) is 9.01. The second-order valence-electron chi connectivity index (χ2n) is 3.29. The number of hydrogen-bond donors (Lipinski definition) is 2. The third-order valence-corrected chi connectivity index (χ3v) is 2.03. The van der Waals surface area contributed by atoms with E-state index in [1.165, 1.54) is 4.68 Å². The maximum Gasteiger partial charge on any atom is 0.303 e. The number of nitrogens with zero attached hydrogens (tertiary/aromatic N) is 3. The molecule has 0 aliphatic rings. The molecule has 0 unspecified atom stereocenters. The van der Waals surface area contributed by atoms with Crippen molar-refractivity contribution < 1.29 is 14.7 Å². The molecule has 0 saturated heterocycles.